The first-order valence-corrected chi connectivity index (χ1v) is 18.4. The number of nitrogens with zero attached hydrogens (tertiary/aromatic N) is 1. The van der Waals surface area contributed by atoms with Crippen LogP contribution >= 0.6 is 0 Å². The van der Waals surface area contributed by atoms with Gasteiger partial charge in [0.25, 0.3) is 11.7 Å². The number of nitrogens with one attached hydrogen (secondary N) is 1. The maximum Gasteiger partial charge on any atom is 0.312 e. The molecule has 1 amide bonds. The molecule has 0 fully saturated rings. The van der Waals surface area contributed by atoms with Gasteiger partial charge in [0, 0.05) is 61.2 Å². The fraction of sp³-hybridized carbons (Fsp3) is 0.512. The molecular weight excluding hydrogens is 728 g/mol. The third-order valence-corrected chi connectivity index (χ3v) is 10.5. The molecule has 0 saturated carbocycles. The molecule has 306 valence electrons. The number of amides is 1. The summed E-state index contributed by atoms with van der Waals surface area (Å²) in [4.78, 5) is 45.4. The highest BCUT2D eigenvalue weighted by Gasteiger charge is 2.50. The lowest BCUT2D eigenvalue weighted by molar-refractivity contribution is -0.160. The lowest BCUT2D eigenvalue weighted by atomic mass is 9.78. The van der Waals surface area contributed by atoms with Gasteiger partial charge in [0.2, 0.25) is 0 Å². The summed E-state index contributed by atoms with van der Waals surface area (Å²) in [5, 5.41) is 63.6. The number of phenols is 3. The number of benzene rings is 2. The fourth-order valence-electron chi connectivity index (χ4n) is 7.08. The van der Waals surface area contributed by atoms with Crippen molar-refractivity contribution in [1.29, 1.82) is 0 Å². The number of aromatic hydroxyl groups is 3. The van der Waals surface area contributed by atoms with Crippen LogP contribution in [0.25, 0.3) is 10.8 Å². The number of aliphatic hydroxyl groups excluding tert-OH is 2. The van der Waals surface area contributed by atoms with Crippen LogP contribution in [0, 0.1) is 30.6 Å². The third kappa shape index (κ3) is 8.49. The minimum absolute atomic E-state index is 0.0334. The summed E-state index contributed by atoms with van der Waals surface area (Å²) in [6, 6.07) is 0. The number of allylic oxidation sites excluding steroid dienone is 2. The lowest BCUT2D eigenvalue weighted by Gasteiger charge is -2.38. The number of hydrogen-bond donors (Lipinski definition) is 6. The molecule has 0 saturated heterocycles. The van der Waals surface area contributed by atoms with Gasteiger partial charge in [-0.1, -0.05) is 51.1 Å². The number of oxime groups is 1. The van der Waals surface area contributed by atoms with Gasteiger partial charge in [-0.3, -0.25) is 14.4 Å². The number of fused-ring (bicyclic) bond motifs is 14. The van der Waals surface area contributed by atoms with Crippen molar-refractivity contribution in [3.63, 3.8) is 0 Å². The van der Waals surface area contributed by atoms with Gasteiger partial charge >= 0.3 is 11.8 Å². The highest BCUT2D eigenvalue weighted by molar-refractivity contribution is 6.23. The number of carbonyl (C=O) groups is 3. The Balaban J connectivity index is 1.97. The molecule has 5 rings (SSSR count). The molecule has 6 N–H and O–H groups in total. The highest BCUT2D eigenvalue weighted by Crippen LogP contribution is 2.55. The molecule has 15 heteroatoms. The summed E-state index contributed by atoms with van der Waals surface area (Å²) in [5.74, 6) is -8.63. The van der Waals surface area contributed by atoms with E-state index in [4.69, 9.17) is 23.8 Å². The first-order chi connectivity index (χ1) is 26.2. The van der Waals surface area contributed by atoms with Crippen LogP contribution in [-0.2, 0) is 28.6 Å². The predicted octanol–water partition coefficient (Wildman–Crippen LogP) is 5.51. The molecule has 0 radical (unpaired) electrons. The Morgan fingerprint density at radius 1 is 0.964 bits per heavy atom. The minimum Gasteiger partial charge on any atom is -0.507 e. The summed E-state index contributed by atoms with van der Waals surface area (Å²) < 4.78 is 23.4. The summed E-state index contributed by atoms with van der Waals surface area (Å²) >= 11 is 0. The van der Waals surface area contributed by atoms with Crippen LogP contribution in [0.1, 0.15) is 83.8 Å². The molecule has 3 aliphatic rings. The van der Waals surface area contributed by atoms with Crippen molar-refractivity contribution in [2.24, 2.45) is 28.8 Å². The molecule has 3 aliphatic heterocycles. The van der Waals surface area contributed by atoms with E-state index in [1.165, 1.54) is 53.2 Å². The van der Waals surface area contributed by atoms with E-state index in [0.717, 1.165) is 6.21 Å². The quantitative estimate of drug-likeness (QED) is 0.0725. The zero-order valence-electron chi connectivity index (χ0n) is 33.6. The van der Waals surface area contributed by atoms with Gasteiger partial charge in [-0.15, -0.1) is 0 Å². The smallest absolute Gasteiger partial charge is 0.312 e. The Morgan fingerprint density at radius 2 is 1.62 bits per heavy atom. The zero-order valence-corrected chi connectivity index (χ0v) is 33.6. The number of esters is 1. The first-order valence-electron chi connectivity index (χ1n) is 18.4. The van der Waals surface area contributed by atoms with Crippen LogP contribution in [0.4, 0.5) is 5.69 Å². The lowest BCUT2D eigenvalue weighted by Crippen LogP contribution is -2.46. The number of ketones is 1. The number of aliphatic hydroxyl groups is 2. The largest absolute Gasteiger partial charge is 0.507 e. The van der Waals surface area contributed by atoms with E-state index >= 15 is 0 Å². The predicted molar refractivity (Wildman–Crippen MR) is 208 cm³/mol. The average Bonchev–Trinajstić information content (AvgIpc) is 3.41. The van der Waals surface area contributed by atoms with Crippen LogP contribution < -0.4 is 10.1 Å². The number of methoxy groups -OCH3 is 1. The number of phenolic OH excluding ortho intramolecular Hbond substituents is 3. The van der Waals surface area contributed by atoms with Gasteiger partial charge < -0.3 is 54.6 Å². The maximum atomic E-state index is 14.3. The zero-order chi connectivity index (χ0) is 42.0. The van der Waals surface area contributed by atoms with Crippen molar-refractivity contribution < 1.29 is 63.7 Å². The monoisotopic (exact) mass is 782 g/mol. The number of anilines is 1. The minimum atomic E-state index is -2.06. The third-order valence-electron chi connectivity index (χ3n) is 10.5. The summed E-state index contributed by atoms with van der Waals surface area (Å²) in [5.41, 5.74) is -0.618. The molecule has 9 unspecified atom stereocenters. The van der Waals surface area contributed by atoms with Crippen molar-refractivity contribution in [2.45, 2.75) is 106 Å². The van der Waals surface area contributed by atoms with Crippen molar-refractivity contribution in [3.8, 4) is 23.0 Å². The number of Topliss-reactive ketones (excluding diaryl/α,β-unsaturated/α-hetero) is 1. The summed E-state index contributed by atoms with van der Waals surface area (Å²) in [6.07, 6.45) is 4.11. The second-order valence-electron chi connectivity index (χ2n) is 15.0. The molecule has 0 aliphatic carbocycles. The van der Waals surface area contributed by atoms with E-state index in [-0.39, 0.29) is 50.6 Å². The molecular formula is C41H54N2O13. The standard InChI is InChI=1S/C41H54N2O13/c1-18(2)56-42-17-26-31-36(49)29-28(35(26)48)30-38(24(8)34(29)47)55-41(10,39(30)50)53-16-15-27(52-11)21(5)37(54-25(9)44)23(7)33(46)22(6)32(45)19(3)13-12-14-20(4)40(51)43-31/h12-19,21-23,27,32-33,37,45-49H,1-11H3,(H,43,51)/b13-12+,16-15+,20-14-,42-17+. The van der Waals surface area contributed by atoms with Crippen LogP contribution in [0.5, 0.6) is 23.0 Å². The van der Waals surface area contributed by atoms with Gasteiger partial charge in [-0.05, 0) is 33.8 Å². The molecule has 2 aromatic rings. The average molecular weight is 783 g/mol. The fourth-order valence-corrected chi connectivity index (χ4v) is 7.08. The Morgan fingerprint density at radius 3 is 2.23 bits per heavy atom. The van der Waals surface area contributed by atoms with Crippen molar-refractivity contribution in [3.05, 3.63) is 52.8 Å². The molecule has 56 heavy (non-hydrogen) atoms. The van der Waals surface area contributed by atoms with Gasteiger partial charge in [-0.25, -0.2) is 0 Å². The topological polar surface area (TPSA) is 223 Å². The van der Waals surface area contributed by atoms with E-state index < -0.39 is 88.8 Å². The molecule has 5 bridgehead atoms. The Hall–Kier alpha value is -5.12. The number of ether oxygens (including phenoxy) is 4. The number of carbonyl (C=O) groups excluding carboxylic acids is 3. The van der Waals surface area contributed by atoms with Crippen molar-refractivity contribution in [1.82, 2.24) is 0 Å². The first kappa shape index (κ1) is 43.6. The highest BCUT2D eigenvalue weighted by atomic mass is 16.7. The molecule has 0 spiro atoms. The van der Waals surface area contributed by atoms with E-state index in [1.807, 2.05) is 0 Å². The van der Waals surface area contributed by atoms with Crippen LogP contribution in [0.3, 0.4) is 0 Å². The van der Waals surface area contributed by atoms with Crippen molar-refractivity contribution >= 4 is 40.3 Å². The van der Waals surface area contributed by atoms with Crippen LogP contribution in [0.15, 0.2) is 41.3 Å². The van der Waals surface area contributed by atoms with E-state index in [2.05, 4.69) is 10.5 Å². The number of hydrogen-bond acceptors (Lipinski definition) is 14. The second-order valence-corrected chi connectivity index (χ2v) is 15.0. The molecule has 2 aromatic carbocycles. The summed E-state index contributed by atoms with van der Waals surface area (Å²) in [6.45, 7) is 15.8. The Labute approximate surface area is 326 Å². The molecule has 0 aromatic heterocycles. The second kappa shape index (κ2) is 17.3. The van der Waals surface area contributed by atoms with Crippen LogP contribution in [-0.4, -0.2) is 92.8 Å². The maximum absolute atomic E-state index is 14.3. The molecule has 3 heterocycles. The molecule has 15 nitrogen and oxygen atoms in total. The summed E-state index contributed by atoms with van der Waals surface area (Å²) in [7, 11) is 1.43. The Bertz CT molecular complexity index is 1970. The Kier molecular flexibility index (Phi) is 13.5. The van der Waals surface area contributed by atoms with Crippen LogP contribution in [0.2, 0.25) is 0 Å². The molecule has 9 atom stereocenters. The SMILES string of the molecule is COC1/C=C/OC2(C)Oc3c(C)c(O)c4c(O)c(c(/C=N/OC(C)C)c(O)c4c3C2=O)NC(=O)/C(C)=C\C=C\C(C)C(O)C(C)C(O)C(C)C(OC(C)=O)C1C. The van der Waals surface area contributed by atoms with E-state index in [0.29, 0.717) is 0 Å². The van der Waals surface area contributed by atoms with E-state index in [1.54, 1.807) is 53.7 Å². The van der Waals surface area contributed by atoms with Gasteiger partial charge in [0.05, 0.1) is 53.0 Å². The van der Waals surface area contributed by atoms with Gasteiger partial charge in [0.15, 0.2) is 5.75 Å². The van der Waals surface area contributed by atoms with E-state index in [9.17, 15) is 39.9 Å². The van der Waals surface area contributed by atoms with Gasteiger partial charge in [-0.2, -0.15) is 0 Å². The number of rotatable bonds is 5. The normalized spacial score (nSPS) is 31.1. The van der Waals surface area contributed by atoms with Gasteiger partial charge in [0.1, 0.15) is 29.5 Å². The van der Waals surface area contributed by atoms with Crippen molar-refractivity contribution in [2.75, 3.05) is 12.4 Å².